The van der Waals surface area contributed by atoms with Crippen LogP contribution in [0.25, 0.3) is 0 Å². The number of hydrogen-bond donors (Lipinski definition) is 15. The van der Waals surface area contributed by atoms with Gasteiger partial charge in [-0.15, -0.1) is 45.3 Å². The van der Waals surface area contributed by atoms with Gasteiger partial charge in [-0.1, -0.05) is 105 Å². The molecule has 42 heteroatoms. The smallest absolute Gasteiger partial charge is 0.289 e. The summed E-state index contributed by atoms with van der Waals surface area (Å²) in [4.78, 5) is 126. The third-order valence-electron chi connectivity index (χ3n) is 23.9. The Morgan fingerprint density at radius 3 is 0.941 bits per heavy atom. The highest BCUT2D eigenvalue weighted by Crippen LogP contribution is 2.35. The number of carbonyl (C=O) groups is 5. The van der Waals surface area contributed by atoms with Crippen LogP contribution in [0, 0.1) is 6.92 Å². The van der Waals surface area contributed by atoms with Crippen molar-refractivity contribution >= 4 is 134 Å². The maximum absolute atomic E-state index is 12.8. The van der Waals surface area contributed by atoms with E-state index in [-0.39, 0.29) is 123 Å². The maximum Gasteiger partial charge on any atom is 0.289 e. The van der Waals surface area contributed by atoms with Gasteiger partial charge in [-0.2, -0.15) is 24.9 Å². The molecular formula is C93H133N27O11S4. The lowest BCUT2D eigenvalue weighted by Gasteiger charge is -2.30. The molecule has 5 atom stereocenters. The van der Waals surface area contributed by atoms with Crippen LogP contribution in [0.15, 0.2) is 74.1 Å². The number of nitrogens with two attached hydrogens (primary N) is 5. The highest BCUT2D eigenvalue weighted by atomic mass is 32.1. The van der Waals surface area contributed by atoms with Gasteiger partial charge in [-0.05, 0) is 106 Å². The van der Waals surface area contributed by atoms with Crippen molar-refractivity contribution < 1.29 is 53.9 Å². The first-order chi connectivity index (χ1) is 65.5. The number of unbranched alkanes of at least 4 members (excludes halogenated alkanes) is 4. The third kappa shape index (κ3) is 29.7. The van der Waals surface area contributed by atoms with E-state index in [1.807, 2.05) is 51.7 Å². The molecule has 4 unspecified atom stereocenters. The van der Waals surface area contributed by atoms with Crippen LogP contribution < -0.4 is 55.3 Å². The van der Waals surface area contributed by atoms with Crippen molar-refractivity contribution in [3.8, 4) is 0 Å². The van der Waals surface area contributed by atoms with Gasteiger partial charge in [0.2, 0.25) is 29.7 Å². The van der Waals surface area contributed by atoms with Gasteiger partial charge in [0.25, 0.3) is 29.5 Å². The van der Waals surface area contributed by atoms with Crippen LogP contribution in [0.1, 0.15) is 269 Å². The summed E-state index contributed by atoms with van der Waals surface area (Å²) < 4.78 is 5.24. The minimum absolute atomic E-state index is 0.0360. The number of carbonyl (C=O) groups excluding carboxylic acids is 5. The summed E-state index contributed by atoms with van der Waals surface area (Å²) in [6.07, 6.45) is 22.2. The molecule has 0 aromatic carbocycles. The number of rotatable bonds is 39. The number of aryl methyl sites for hydroxylation is 1. The normalized spacial score (nSPS) is 14.7. The summed E-state index contributed by atoms with van der Waals surface area (Å²) in [5.41, 5.74) is 41.1. The van der Waals surface area contributed by atoms with Crippen LogP contribution in [-0.2, 0) is 64.8 Å². The van der Waals surface area contributed by atoms with Gasteiger partial charge < -0.3 is 110 Å². The number of nitrogens with zero attached hydrogens (tertiary/aromatic N) is 17. The van der Waals surface area contributed by atoms with Gasteiger partial charge in [0.15, 0.2) is 5.76 Å². The third-order valence-corrected chi connectivity index (χ3v) is 26.9. The number of amides is 5. The van der Waals surface area contributed by atoms with E-state index in [1.54, 1.807) is 43.1 Å². The summed E-state index contributed by atoms with van der Waals surface area (Å²) in [5.74, 6) is 4.63. The number of nitrogens with one attached hydrogen (secondary N) is 5. The van der Waals surface area contributed by atoms with E-state index in [1.165, 1.54) is 51.6 Å². The SMILES string of the molecule is CCCCC(CCO)Nc1nc(N)nc2c1CN(C(=O)c1ccco1)CC2.CCCCC(CCO)Nc1nc(N)nc2c1CN(C(=O)c1cccs1)CC2.CCCCC(CCO)Nc1nc(N)nc2c1CN(C(=O)c1csc(C)n1)CC2.CCCCC(CCO)Nc1nc(N)nc2c1CN(C(=O)c1cscn1)CC2.CCC[C@@H](CCO)Nc1nc(N)nc2c1CN(C(=O)c1cccs1)CC2. The number of nitrogen functional groups attached to an aromatic ring is 5. The molecule has 15 heterocycles. The lowest BCUT2D eigenvalue weighted by molar-refractivity contribution is 0.0698. The number of fused-ring (bicyclic) bond motifs is 5. The van der Waals surface area contributed by atoms with Crippen LogP contribution in [0.4, 0.5) is 58.8 Å². The number of thiazole rings is 2. The van der Waals surface area contributed by atoms with Crippen molar-refractivity contribution in [2.24, 2.45) is 0 Å². The predicted molar refractivity (Wildman–Crippen MR) is 529 cm³/mol. The Balaban J connectivity index is 0.000000162. The molecule has 0 radical (unpaired) electrons. The molecule has 730 valence electrons. The number of aliphatic hydroxyl groups is 5. The zero-order valence-corrected chi connectivity index (χ0v) is 81.5. The van der Waals surface area contributed by atoms with Gasteiger partial charge in [0.05, 0.1) is 87.7 Å². The zero-order chi connectivity index (χ0) is 96.3. The van der Waals surface area contributed by atoms with Crippen molar-refractivity contribution in [1.29, 1.82) is 0 Å². The Labute approximate surface area is 804 Å². The van der Waals surface area contributed by atoms with E-state index in [0.29, 0.717) is 176 Å². The van der Waals surface area contributed by atoms with E-state index in [9.17, 15) is 49.5 Å². The molecule has 0 bridgehead atoms. The Morgan fingerprint density at radius 2 is 0.681 bits per heavy atom. The van der Waals surface area contributed by atoms with E-state index in [0.717, 1.165) is 161 Å². The summed E-state index contributed by atoms with van der Waals surface area (Å²) in [5, 5.41) is 72.2. The summed E-state index contributed by atoms with van der Waals surface area (Å²) in [7, 11) is 0. The minimum atomic E-state index is -0.147. The Morgan fingerprint density at radius 1 is 0.370 bits per heavy atom. The molecule has 135 heavy (non-hydrogen) atoms. The van der Waals surface area contributed by atoms with Crippen molar-refractivity contribution in [3.05, 3.63) is 158 Å². The summed E-state index contributed by atoms with van der Waals surface area (Å²) in [6, 6.07) is 11.4. The molecule has 10 aromatic rings. The fraction of sp³-hybridized carbons (Fsp3) is 0.538. The molecule has 0 aliphatic carbocycles. The molecule has 0 fully saturated rings. The molecule has 10 aromatic heterocycles. The van der Waals surface area contributed by atoms with E-state index < -0.39 is 0 Å². The van der Waals surface area contributed by atoms with Crippen LogP contribution in [0.3, 0.4) is 0 Å². The van der Waals surface area contributed by atoms with Gasteiger partial charge in [-0.25, -0.2) is 34.9 Å². The van der Waals surface area contributed by atoms with Crippen molar-refractivity contribution in [3.63, 3.8) is 0 Å². The van der Waals surface area contributed by atoms with E-state index in [2.05, 4.69) is 121 Å². The Hall–Kier alpha value is -11.5. The van der Waals surface area contributed by atoms with Crippen LogP contribution in [0.5, 0.6) is 0 Å². The average Bonchev–Trinajstić information content (AvgIpc) is 1.80. The summed E-state index contributed by atoms with van der Waals surface area (Å²) >= 11 is 5.78. The molecule has 0 spiro atoms. The molecule has 0 saturated carbocycles. The Bertz CT molecular complexity index is 5070. The van der Waals surface area contributed by atoms with Gasteiger partial charge in [0, 0.05) is 167 Å². The number of anilines is 10. The lowest BCUT2D eigenvalue weighted by Crippen LogP contribution is -2.37. The quantitative estimate of drug-likeness (QED) is 0.0170. The van der Waals surface area contributed by atoms with Gasteiger partial charge in [0.1, 0.15) is 40.5 Å². The van der Waals surface area contributed by atoms with Crippen molar-refractivity contribution in [2.75, 3.05) is 121 Å². The number of aliphatic hydroxyl groups excluding tert-OH is 5. The fourth-order valence-corrected chi connectivity index (χ4v) is 19.2. The standard InChI is InChI=1S/C19H28N6O2S.C19H27N5O3.C19H27N5O2S.C18H26N6O2S.C18H25N5O2S/c1-3-4-5-13(7-9-26)22-17-14-10-25(8-6-15(14)23-19(20)24-17)18(27)16-11-28-12(2)21-16;2*1-2-3-5-13(8-10-25)21-17-14-12-24(18(26)16-6-4-11-27-16)9-7-15(14)22-19(20)23-17;1-2-3-4-12(6-8-25)21-16-13-9-24(17(26)15-10-27-11-20-15)7-5-14(13)22-18(19)23-16;1-2-4-12(7-9-24)20-16-13-11-23(17(25)15-5-3-10-26-15)8-6-14(13)21-18(19)22-16/h11,13,26H,3-10H2,1-2H3,(H3,20,22,23,24);2*4,6,11,13,25H,2-3,5,7-10,12H2,1H3,(H3,20,21,22,23);10-12,25H,2-9H2,1H3,(H3,19,21,22,23);3,5,10,12,24H,2,4,6-9,11H2,1H3,(H3,19,20,21,22)/t;;;;12-/m....0/s1. The first kappa shape index (κ1) is 104. The molecule has 5 amide bonds. The monoisotopic (exact) mass is 1930 g/mol. The molecule has 5 aliphatic rings. The van der Waals surface area contributed by atoms with Crippen molar-refractivity contribution in [2.45, 2.75) is 259 Å². The van der Waals surface area contributed by atoms with Crippen LogP contribution in [0.2, 0.25) is 0 Å². The Kier molecular flexibility index (Phi) is 40.9. The average molecular weight is 1930 g/mol. The number of hydrogen-bond acceptors (Lipinski definition) is 37. The van der Waals surface area contributed by atoms with E-state index in [4.69, 9.17) is 33.1 Å². The predicted octanol–water partition coefficient (Wildman–Crippen LogP) is 11.6. The van der Waals surface area contributed by atoms with Crippen LogP contribution >= 0.6 is 45.3 Å². The topological polar surface area (TPSA) is 561 Å². The minimum Gasteiger partial charge on any atom is -0.459 e. The first-order valence-electron chi connectivity index (χ1n) is 47.0. The largest absolute Gasteiger partial charge is 0.459 e. The van der Waals surface area contributed by atoms with Crippen molar-refractivity contribution in [1.82, 2.24) is 84.3 Å². The molecule has 38 nitrogen and oxygen atoms in total. The zero-order valence-electron chi connectivity index (χ0n) is 78.2. The van der Waals surface area contributed by atoms with E-state index >= 15 is 0 Å². The second-order valence-corrected chi connectivity index (χ2v) is 37.5. The second kappa shape index (κ2) is 53.1. The fourth-order valence-electron chi connectivity index (χ4n) is 16.7. The highest BCUT2D eigenvalue weighted by Gasteiger charge is 2.35. The van der Waals surface area contributed by atoms with Crippen LogP contribution in [-0.4, -0.2) is 235 Å². The first-order valence-corrected chi connectivity index (χ1v) is 50.6. The highest BCUT2D eigenvalue weighted by molar-refractivity contribution is 7.12. The molecular weight excluding hydrogens is 1800 g/mol. The summed E-state index contributed by atoms with van der Waals surface area (Å²) in [6.45, 7) is 18.3. The maximum atomic E-state index is 12.8. The second-order valence-electron chi connectivity index (χ2n) is 33.8. The van der Waals surface area contributed by atoms with Gasteiger partial charge in [-0.3, -0.25) is 24.0 Å². The molecule has 0 saturated heterocycles. The number of aromatic nitrogens is 12. The molecule has 15 rings (SSSR count). The van der Waals surface area contributed by atoms with Gasteiger partial charge >= 0.3 is 0 Å². The lowest BCUT2D eigenvalue weighted by atomic mass is 10.0. The number of thiophene rings is 2. The molecule has 5 aliphatic heterocycles. The number of furan rings is 1. The molecule has 20 N–H and O–H groups in total.